The molecule has 0 amide bonds. The van der Waals surface area contributed by atoms with Crippen LogP contribution in [0.4, 0.5) is 5.69 Å². The molecule has 0 radical (unpaired) electrons. The van der Waals surface area contributed by atoms with Crippen LogP contribution in [0.15, 0.2) is 24.4 Å². The molecule has 0 aliphatic rings. The number of nitrogens with zero attached hydrogens (tertiary/aromatic N) is 3. The van der Waals surface area contributed by atoms with Crippen LogP contribution in [0.2, 0.25) is 0 Å². The second-order valence-corrected chi connectivity index (χ2v) is 5.26. The summed E-state index contributed by atoms with van der Waals surface area (Å²) in [6.07, 6.45) is 1.99. The van der Waals surface area contributed by atoms with Gasteiger partial charge in [-0.05, 0) is 26.3 Å². The minimum Gasteiger partial charge on any atom is -0.306 e. The molecule has 0 aliphatic carbocycles. The summed E-state index contributed by atoms with van der Waals surface area (Å²) in [6, 6.07) is 5.31. The fourth-order valence-corrected chi connectivity index (χ4v) is 2.48. The van der Waals surface area contributed by atoms with Crippen molar-refractivity contribution in [2.45, 2.75) is 33.4 Å². The van der Waals surface area contributed by atoms with E-state index < -0.39 is 0 Å². The smallest absolute Gasteiger partial charge is 0.272 e. The van der Waals surface area contributed by atoms with E-state index in [0.717, 1.165) is 16.8 Å². The van der Waals surface area contributed by atoms with Gasteiger partial charge in [-0.1, -0.05) is 12.1 Å². The Kier molecular flexibility index (Phi) is 4.37. The van der Waals surface area contributed by atoms with Crippen LogP contribution in [-0.4, -0.2) is 14.7 Å². The molecule has 6 nitrogen and oxygen atoms in total. The number of nitro groups is 1. The molecule has 0 saturated heterocycles. The Morgan fingerprint density at radius 2 is 2.14 bits per heavy atom. The van der Waals surface area contributed by atoms with Gasteiger partial charge in [0.1, 0.15) is 0 Å². The highest BCUT2D eigenvalue weighted by atomic mass is 16.6. The van der Waals surface area contributed by atoms with Gasteiger partial charge in [0, 0.05) is 43.0 Å². The number of aromatic nitrogens is 2. The van der Waals surface area contributed by atoms with E-state index in [0.29, 0.717) is 12.1 Å². The average molecular weight is 288 g/mol. The van der Waals surface area contributed by atoms with Crippen molar-refractivity contribution in [1.82, 2.24) is 15.1 Å². The first-order chi connectivity index (χ1) is 9.90. The summed E-state index contributed by atoms with van der Waals surface area (Å²) in [4.78, 5) is 10.6. The number of benzene rings is 1. The molecule has 1 heterocycles. The highest BCUT2D eigenvalue weighted by Crippen LogP contribution is 2.22. The normalized spacial score (nSPS) is 12.4. The van der Waals surface area contributed by atoms with Gasteiger partial charge >= 0.3 is 0 Å². The zero-order valence-corrected chi connectivity index (χ0v) is 12.8. The van der Waals surface area contributed by atoms with Crippen molar-refractivity contribution in [3.63, 3.8) is 0 Å². The molecule has 0 bridgehead atoms. The van der Waals surface area contributed by atoms with Gasteiger partial charge in [0.25, 0.3) is 5.69 Å². The van der Waals surface area contributed by atoms with Crippen LogP contribution < -0.4 is 5.32 Å². The van der Waals surface area contributed by atoms with Gasteiger partial charge in [0.2, 0.25) is 0 Å². The maximum absolute atomic E-state index is 11.0. The molecule has 0 spiro atoms. The van der Waals surface area contributed by atoms with Crippen LogP contribution in [-0.2, 0) is 13.6 Å². The quantitative estimate of drug-likeness (QED) is 0.678. The second kappa shape index (κ2) is 6.05. The Hall–Kier alpha value is -2.21. The van der Waals surface area contributed by atoms with Gasteiger partial charge in [-0.25, -0.2) is 0 Å². The van der Waals surface area contributed by atoms with Crippen molar-refractivity contribution < 1.29 is 4.92 Å². The highest BCUT2D eigenvalue weighted by Gasteiger charge is 2.15. The lowest BCUT2D eigenvalue weighted by molar-refractivity contribution is -0.385. The molecule has 1 atom stereocenters. The van der Waals surface area contributed by atoms with Gasteiger partial charge in [0.15, 0.2) is 0 Å². The van der Waals surface area contributed by atoms with Crippen molar-refractivity contribution >= 4 is 5.69 Å². The topological polar surface area (TPSA) is 73.0 Å². The molecular formula is C15H20N4O2. The highest BCUT2D eigenvalue weighted by molar-refractivity contribution is 5.44. The molecule has 0 aliphatic heterocycles. The van der Waals surface area contributed by atoms with E-state index >= 15 is 0 Å². The molecule has 1 aromatic heterocycles. The second-order valence-electron chi connectivity index (χ2n) is 5.26. The van der Waals surface area contributed by atoms with Gasteiger partial charge in [0.05, 0.1) is 10.6 Å². The predicted octanol–water partition coefficient (Wildman–Crippen LogP) is 2.80. The van der Waals surface area contributed by atoms with E-state index in [-0.39, 0.29) is 16.7 Å². The first-order valence-electron chi connectivity index (χ1n) is 6.86. The van der Waals surface area contributed by atoms with Crippen LogP contribution in [0.1, 0.15) is 35.3 Å². The zero-order valence-electron chi connectivity index (χ0n) is 12.8. The summed E-state index contributed by atoms with van der Waals surface area (Å²) in [7, 11) is 1.90. The van der Waals surface area contributed by atoms with Crippen molar-refractivity contribution in [2.75, 3.05) is 0 Å². The van der Waals surface area contributed by atoms with E-state index in [1.165, 1.54) is 6.07 Å². The minimum atomic E-state index is -0.340. The third-order valence-corrected chi connectivity index (χ3v) is 3.73. The Labute approximate surface area is 123 Å². The minimum absolute atomic E-state index is 0.136. The molecule has 2 rings (SSSR count). The lowest BCUT2D eigenvalue weighted by Gasteiger charge is -2.14. The fourth-order valence-electron chi connectivity index (χ4n) is 2.48. The van der Waals surface area contributed by atoms with Crippen LogP contribution in [0, 0.1) is 24.0 Å². The van der Waals surface area contributed by atoms with Crippen molar-refractivity contribution in [2.24, 2.45) is 7.05 Å². The molecular weight excluding hydrogens is 268 g/mol. The first kappa shape index (κ1) is 15.2. The van der Waals surface area contributed by atoms with Gasteiger partial charge in [-0.15, -0.1) is 0 Å². The molecule has 1 N–H and O–H groups in total. The molecule has 6 heteroatoms. The van der Waals surface area contributed by atoms with E-state index in [1.807, 2.05) is 26.2 Å². The van der Waals surface area contributed by atoms with Crippen molar-refractivity contribution in [3.8, 4) is 0 Å². The van der Waals surface area contributed by atoms with Gasteiger partial charge in [-0.3, -0.25) is 14.8 Å². The Bertz CT molecular complexity index is 664. The van der Waals surface area contributed by atoms with Crippen LogP contribution >= 0.6 is 0 Å². The molecule has 2 aromatic rings. The molecule has 112 valence electrons. The fraction of sp³-hybridized carbons (Fsp3) is 0.400. The van der Waals surface area contributed by atoms with Crippen molar-refractivity contribution in [3.05, 3.63) is 56.9 Å². The van der Waals surface area contributed by atoms with E-state index in [4.69, 9.17) is 0 Å². The molecule has 1 aromatic carbocycles. The maximum atomic E-state index is 11.0. The summed E-state index contributed by atoms with van der Waals surface area (Å²) in [5, 5.41) is 18.7. The lowest BCUT2D eigenvalue weighted by Crippen LogP contribution is -2.19. The lowest BCUT2D eigenvalue weighted by atomic mass is 10.1. The predicted molar refractivity (Wildman–Crippen MR) is 81.0 cm³/mol. The number of hydrogen-bond acceptors (Lipinski definition) is 4. The Balaban J connectivity index is 2.11. The summed E-state index contributed by atoms with van der Waals surface area (Å²) in [6.45, 7) is 6.42. The zero-order chi connectivity index (χ0) is 15.6. The van der Waals surface area contributed by atoms with Crippen molar-refractivity contribution in [1.29, 1.82) is 0 Å². The Morgan fingerprint density at radius 1 is 1.43 bits per heavy atom. The number of hydrogen-bond donors (Lipinski definition) is 1. The molecule has 0 fully saturated rings. The maximum Gasteiger partial charge on any atom is 0.272 e. The third-order valence-electron chi connectivity index (χ3n) is 3.73. The van der Waals surface area contributed by atoms with Crippen LogP contribution in [0.5, 0.6) is 0 Å². The van der Waals surface area contributed by atoms with E-state index in [2.05, 4.69) is 17.3 Å². The molecule has 1 unspecified atom stereocenters. The summed E-state index contributed by atoms with van der Waals surface area (Å²) in [5.41, 5.74) is 3.95. The summed E-state index contributed by atoms with van der Waals surface area (Å²) < 4.78 is 1.79. The number of nitro benzene ring substituents is 1. The largest absolute Gasteiger partial charge is 0.306 e. The summed E-state index contributed by atoms with van der Waals surface area (Å²) >= 11 is 0. The average Bonchev–Trinajstić information content (AvgIpc) is 2.76. The SMILES string of the molecule is Cc1nn(C)cc1C(C)NCc1cccc([N+](=O)[O-])c1C. The molecule has 0 saturated carbocycles. The van der Waals surface area contributed by atoms with Gasteiger partial charge in [-0.2, -0.15) is 5.10 Å². The Morgan fingerprint density at radius 3 is 2.71 bits per heavy atom. The summed E-state index contributed by atoms with van der Waals surface area (Å²) in [5.74, 6) is 0. The number of nitrogens with one attached hydrogen (secondary N) is 1. The standard InChI is InChI=1S/C15H20N4O2/c1-10-13(6-5-7-15(10)19(20)21)8-16-11(2)14-9-18(4)17-12(14)3/h5-7,9,11,16H,8H2,1-4H3. The van der Waals surface area contributed by atoms with E-state index in [9.17, 15) is 10.1 Å². The van der Waals surface area contributed by atoms with Gasteiger partial charge < -0.3 is 5.32 Å². The van der Waals surface area contributed by atoms with Crippen LogP contribution in [0.3, 0.4) is 0 Å². The third kappa shape index (κ3) is 3.28. The van der Waals surface area contributed by atoms with E-state index in [1.54, 1.807) is 17.7 Å². The molecule has 21 heavy (non-hydrogen) atoms. The number of aryl methyl sites for hydroxylation is 2. The van der Waals surface area contributed by atoms with Crippen LogP contribution in [0.25, 0.3) is 0 Å². The first-order valence-corrected chi connectivity index (χ1v) is 6.86. The number of rotatable bonds is 5. The monoisotopic (exact) mass is 288 g/mol.